The summed E-state index contributed by atoms with van der Waals surface area (Å²) in [5, 5.41) is 0. The molecule has 27 heavy (non-hydrogen) atoms. The van der Waals surface area contributed by atoms with Gasteiger partial charge in [0.2, 0.25) is 15.9 Å². The van der Waals surface area contributed by atoms with Crippen LogP contribution in [0.2, 0.25) is 0 Å². The molecule has 146 valence electrons. The van der Waals surface area contributed by atoms with E-state index >= 15 is 0 Å². The number of halogens is 1. The zero-order valence-electron chi connectivity index (χ0n) is 15.6. The summed E-state index contributed by atoms with van der Waals surface area (Å²) in [4.78, 5) is 10.7. The van der Waals surface area contributed by atoms with Gasteiger partial charge >= 0.3 is 0 Å². The molecule has 0 aliphatic carbocycles. The van der Waals surface area contributed by atoms with Gasteiger partial charge in [-0.2, -0.15) is 9.29 Å². The number of hydrogen-bond acceptors (Lipinski definition) is 6. The molecule has 1 saturated heterocycles. The first-order valence-electron chi connectivity index (χ1n) is 8.79. The molecule has 0 N–H and O–H groups in total. The van der Waals surface area contributed by atoms with Gasteiger partial charge in [-0.1, -0.05) is 6.07 Å². The van der Waals surface area contributed by atoms with Crippen LogP contribution >= 0.6 is 0 Å². The van der Waals surface area contributed by atoms with E-state index in [4.69, 9.17) is 4.74 Å². The Kier molecular flexibility index (Phi) is 5.61. The lowest BCUT2D eigenvalue weighted by Gasteiger charge is -2.34. The van der Waals surface area contributed by atoms with Gasteiger partial charge in [-0.05, 0) is 39.0 Å². The topological polar surface area (TPSA) is 75.6 Å². The Labute approximate surface area is 158 Å². The minimum atomic E-state index is -3.71. The molecule has 2 aromatic rings. The normalized spacial score (nSPS) is 16.0. The Hall–Kier alpha value is -2.26. The molecule has 2 heterocycles. The van der Waals surface area contributed by atoms with E-state index < -0.39 is 15.8 Å². The first kappa shape index (κ1) is 19.5. The minimum Gasteiger partial charge on any atom is -0.475 e. The predicted octanol–water partition coefficient (Wildman–Crippen LogP) is 2.22. The maximum atomic E-state index is 13.4. The van der Waals surface area contributed by atoms with E-state index in [0.717, 1.165) is 6.07 Å². The van der Waals surface area contributed by atoms with Crippen LogP contribution in [0, 0.1) is 12.7 Å². The molecule has 7 nitrogen and oxygen atoms in total. The number of aryl methyl sites for hydroxylation is 1. The summed E-state index contributed by atoms with van der Waals surface area (Å²) in [7, 11) is -3.71. The van der Waals surface area contributed by atoms with Gasteiger partial charge < -0.3 is 9.64 Å². The summed E-state index contributed by atoms with van der Waals surface area (Å²) in [6.45, 7) is 7.18. The number of hydrogen-bond donors (Lipinski definition) is 0. The molecule has 3 rings (SSSR count). The fourth-order valence-corrected chi connectivity index (χ4v) is 4.38. The average molecular weight is 394 g/mol. The SMILES string of the molecule is Cc1nc(OC(C)C)cc(N2CCN(S(=O)(=O)c3cccc(F)c3)CC2)n1. The molecular weight excluding hydrogens is 371 g/mol. The van der Waals surface area contributed by atoms with Crippen molar-refractivity contribution in [3.63, 3.8) is 0 Å². The fourth-order valence-electron chi connectivity index (χ4n) is 2.92. The smallest absolute Gasteiger partial charge is 0.243 e. The number of anilines is 1. The van der Waals surface area contributed by atoms with Crippen molar-refractivity contribution in [1.82, 2.24) is 14.3 Å². The van der Waals surface area contributed by atoms with Gasteiger partial charge in [0.15, 0.2) is 0 Å². The van der Waals surface area contributed by atoms with E-state index in [1.54, 1.807) is 13.0 Å². The van der Waals surface area contributed by atoms with Gasteiger partial charge in [0.1, 0.15) is 17.5 Å². The second-order valence-electron chi connectivity index (χ2n) is 6.63. The Morgan fingerprint density at radius 3 is 2.44 bits per heavy atom. The number of piperazine rings is 1. The summed E-state index contributed by atoms with van der Waals surface area (Å²) in [5.41, 5.74) is 0. The highest BCUT2D eigenvalue weighted by Crippen LogP contribution is 2.23. The molecule has 0 saturated carbocycles. The van der Waals surface area contributed by atoms with Gasteiger partial charge in [-0.15, -0.1) is 0 Å². The summed E-state index contributed by atoms with van der Waals surface area (Å²) >= 11 is 0. The Morgan fingerprint density at radius 1 is 1.11 bits per heavy atom. The highest BCUT2D eigenvalue weighted by atomic mass is 32.2. The lowest BCUT2D eigenvalue weighted by molar-refractivity contribution is 0.231. The Morgan fingerprint density at radius 2 is 1.81 bits per heavy atom. The second kappa shape index (κ2) is 7.77. The molecule has 1 aliphatic heterocycles. The summed E-state index contributed by atoms with van der Waals surface area (Å²) in [6.07, 6.45) is 0.000378. The largest absolute Gasteiger partial charge is 0.475 e. The number of aromatic nitrogens is 2. The van der Waals surface area contributed by atoms with Crippen LogP contribution in [0.5, 0.6) is 5.88 Å². The van der Waals surface area contributed by atoms with Crippen LogP contribution in [0.4, 0.5) is 10.2 Å². The van der Waals surface area contributed by atoms with Crippen molar-refractivity contribution in [1.29, 1.82) is 0 Å². The van der Waals surface area contributed by atoms with Crippen molar-refractivity contribution in [2.45, 2.75) is 31.8 Å². The van der Waals surface area contributed by atoms with Crippen LogP contribution < -0.4 is 9.64 Å². The van der Waals surface area contributed by atoms with Crippen molar-refractivity contribution < 1.29 is 17.5 Å². The molecule has 1 aromatic carbocycles. The minimum absolute atomic E-state index is 0.000378. The second-order valence-corrected chi connectivity index (χ2v) is 8.56. The monoisotopic (exact) mass is 394 g/mol. The van der Waals surface area contributed by atoms with Gasteiger partial charge in [-0.3, -0.25) is 0 Å². The van der Waals surface area contributed by atoms with E-state index in [-0.39, 0.29) is 11.0 Å². The Balaban J connectivity index is 1.73. The van der Waals surface area contributed by atoms with Crippen LogP contribution in [0.3, 0.4) is 0 Å². The highest BCUT2D eigenvalue weighted by Gasteiger charge is 2.29. The molecule has 0 atom stereocenters. The van der Waals surface area contributed by atoms with E-state index in [1.807, 2.05) is 18.7 Å². The lowest BCUT2D eigenvalue weighted by Crippen LogP contribution is -2.49. The molecule has 1 aliphatic rings. The molecule has 1 fully saturated rings. The number of ether oxygens (including phenoxy) is 1. The molecule has 0 radical (unpaired) electrons. The van der Waals surface area contributed by atoms with Crippen molar-refractivity contribution in [3.05, 3.63) is 42.0 Å². The Bertz CT molecular complexity index is 913. The first-order chi connectivity index (χ1) is 12.8. The zero-order chi connectivity index (χ0) is 19.6. The van der Waals surface area contributed by atoms with E-state index in [2.05, 4.69) is 9.97 Å². The molecule has 1 aromatic heterocycles. The quantitative estimate of drug-likeness (QED) is 0.774. The number of rotatable bonds is 5. The summed E-state index contributed by atoms with van der Waals surface area (Å²) in [6, 6.07) is 6.85. The van der Waals surface area contributed by atoms with Gasteiger partial charge in [0.05, 0.1) is 11.0 Å². The van der Waals surface area contributed by atoms with Crippen molar-refractivity contribution >= 4 is 15.8 Å². The van der Waals surface area contributed by atoms with Crippen molar-refractivity contribution in [2.75, 3.05) is 31.1 Å². The van der Waals surface area contributed by atoms with Gasteiger partial charge in [0, 0.05) is 32.2 Å². The maximum Gasteiger partial charge on any atom is 0.243 e. The van der Waals surface area contributed by atoms with E-state index in [9.17, 15) is 12.8 Å². The van der Waals surface area contributed by atoms with E-state index in [0.29, 0.717) is 43.7 Å². The lowest BCUT2D eigenvalue weighted by atomic mass is 10.3. The van der Waals surface area contributed by atoms with Crippen LogP contribution in [0.1, 0.15) is 19.7 Å². The molecular formula is C18H23FN4O3S. The zero-order valence-corrected chi connectivity index (χ0v) is 16.4. The summed E-state index contributed by atoms with van der Waals surface area (Å²) < 4.78 is 45.8. The third-order valence-corrected chi connectivity index (χ3v) is 6.05. The molecule has 9 heteroatoms. The number of sulfonamides is 1. The summed E-state index contributed by atoms with van der Waals surface area (Å²) in [5.74, 6) is 1.24. The fraction of sp³-hybridized carbons (Fsp3) is 0.444. The molecule has 0 amide bonds. The van der Waals surface area contributed by atoms with Gasteiger partial charge in [-0.25, -0.2) is 17.8 Å². The maximum absolute atomic E-state index is 13.4. The number of nitrogens with zero attached hydrogens (tertiary/aromatic N) is 4. The third kappa shape index (κ3) is 4.54. The standard InChI is InChI=1S/C18H23FN4O3S/c1-13(2)26-18-12-17(20-14(3)21-18)22-7-9-23(10-8-22)27(24,25)16-6-4-5-15(19)11-16/h4-6,11-13H,7-10H2,1-3H3. The highest BCUT2D eigenvalue weighted by molar-refractivity contribution is 7.89. The first-order valence-corrected chi connectivity index (χ1v) is 10.2. The van der Waals surface area contributed by atoms with Crippen LogP contribution in [0.15, 0.2) is 35.2 Å². The van der Waals surface area contributed by atoms with Crippen molar-refractivity contribution in [3.8, 4) is 5.88 Å². The van der Waals surface area contributed by atoms with Crippen LogP contribution in [0.25, 0.3) is 0 Å². The predicted molar refractivity (Wildman–Crippen MR) is 99.9 cm³/mol. The third-order valence-electron chi connectivity index (χ3n) is 4.15. The van der Waals surface area contributed by atoms with Crippen LogP contribution in [-0.2, 0) is 10.0 Å². The van der Waals surface area contributed by atoms with E-state index in [1.165, 1.54) is 22.5 Å². The number of benzene rings is 1. The average Bonchev–Trinajstić information content (AvgIpc) is 2.61. The molecule has 0 unspecified atom stereocenters. The molecule has 0 bridgehead atoms. The molecule has 0 spiro atoms. The van der Waals surface area contributed by atoms with Crippen LogP contribution in [-0.4, -0.2) is 55.0 Å². The van der Waals surface area contributed by atoms with Crippen molar-refractivity contribution in [2.24, 2.45) is 0 Å². The van der Waals surface area contributed by atoms with Gasteiger partial charge in [0.25, 0.3) is 0 Å².